The molecule has 0 atom stereocenters. The van der Waals surface area contributed by atoms with E-state index in [1.165, 1.54) is 0 Å². The fraction of sp³-hybridized carbons (Fsp3) is 0.136. The summed E-state index contributed by atoms with van der Waals surface area (Å²) in [6.45, 7) is 0.456. The van der Waals surface area contributed by atoms with Gasteiger partial charge in [0.15, 0.2) is 0 Å². The van der Waals surface area contributed by atoms with E-state index in [1.54, 1.807) is 25.3 Å². The maximum atomic E-state index is 12.2. The molecule has 0 aliphatic rings. The number of carbonyl (C=O) groups excluding carboxylic acids is 1. The van der Waals surface area contributed by atoms with Crippen molar-refractivity contribution in [2.75, 3.05) is 24.3 Å². The molecule has 3 rings (SSSR count). The summed E-state index contributed by atoms with van der Waals surface area (Å²) in [5.74, 6) is 2.06. The van der Waals surface area contributed by atoms with E-state index in [0.717, 1.165) is 11.4 Å². The maximum absolute atomic E-state index is 12.2. The zero-order valence-corrected chi connectivity index (χ0v) is 16.2. The average Bonchev–Trinajstić information content (AvgIpc) is 2.70. The summed E-state index contributed by atoms with van der Waals surface area (Å²) >= 11 is 6.00. The Labute approximate surface area is 169 Å². The van der Waals surface area contributed by atoms with Crippen LogP contribution in [0.5, 0.6) is 17.2 Å². The van der Waals surface area contributed by atoms with E-state index in [9.17, 15) is 4.79 Å². The molecule has 3 aromatic carbocycles. The minimum absolute atomic E-state index is 0.0924. The van der Waals surface area contributed by atoms with Gasteiger partial charge < -0.3 is 20.1 Å². The van der Waals surface area contributed by atoms with Gasteiger partial charge in [-0.1, -0.05) is 29.8 Å². The molecule has 3 aromatic rings. The summed E-state index contributed by atoms with van der Waals surface area (Å²) in [6.07, 6.45) is 0.304. The number of para-hydroxylation sites is 1. The van der Waals surface area contributed by atoms with E-state index in [2.05, 4.69) is 10.6 Å². The first-order valence-electron chi connectivity index (χ1n) is 8.84. The smallest absolute Gasteiger partial charge is 0.226 e. The van der Waals surface area contributed by atoms with Crippen LogP contribution in [-0.4, -0.2) is 19.6 Å². The molecule has 0 unspecified atom stereocenters. The molecular weight excluding hydrogens is 376 g/mol. The number of benzene rings is 3. The predicted octanol–water partition coefficient (Wildman–Crippen LogP) is 5.58. The summed E-state index contributed by atoms with van der Waals surface area (Å²) in [6, 6.07) is 22.1. The normalized spacial score (nSPS) is 10.2. The fourth-order valence-electron chi connectivity index (χ4n) is 2.58. The molecule has 0 aromatic heterocycles. The monoisotopic (exact) mass is 396 g/mol. The van der Waals surface area contributed by atoms with Crippen molar-refractivity contribution in [2.24, 2.45) is 0 Å². The van der Waals surface area contributed by atoms with Gasteiger partial charge in [0.1, 0.15) is 17.2 Å². The van der Waals surface area contributed by atoms with Gasteiger partial charge in [0, 0.05) is 23.7 Å². The van der Waals surface area contributed by atoms with Crippen LogP contribution in [0.4, 0.5) is 11.4 Å². The van der Waals surface area contributed by atoms with Crippen molar-refractivity contribution >= 4 is 28.9 Å². The van der Waals surface area contributed by atoms with Gasteiger partial charge in [-0.05, 0) is 54.6 Å². The number of halogens is 1. The minimum atomic E-state index is -0.0924. The molecule has 0 bridgehead atoms. The van der Waals surface area contributed by atoms with Crippen molar-refractivity contribution < 1.29 is 14.3 Å². The van der Waals surface area contributed by atoms with Gasteiger partial charge in [-0.3, -0.25) is 4.79 Å². The molecule has 0 fully saturated rings. The van der Waals surface area contributed by atoms with E-state index in [1.807, 2.05) is 54.6 Å². The highest BCUT2D eigenvalue weighted by molar-refractivity contribution is 6.30. The zero-order chi connectivity index (χ0) is 19.8. The summed E-state index contributed by atoms with van der Waals surface area (Å²) in [5, 5.41) is 6.64. The molecule has 0 aliphatic heterocycles. The van der Waals surface area contributed by atoms with E-state index >= 15 is 0 Å². The molecule has 144 valence electrons. The molecule has 0 spiro atoms. The third kappa shape index (κ3) is 5.66. The Morgan fingerprint density at radius 3 is 2.39 bits per heavy atom. The second-order valence-corrected chi connectivity index (χ2v) is 6.45. The maximum Gasteiger partial charge on any atom is 0.226 e. The van der Waals surface area contributed by atoms with Crippen LogP contribution < -0.4 is 20.1 Å². The average molecular weight is 397 g/mol. The Kier molecular flexibility index (Phi) is 6.76. The second kappa shape index (κ2) is 9.67. The lowest BCUT2D eigenvalue weighted by Gasteiger charge is -2.12. The Morgan fingerprint density at radius 1 is 0.964 bits per heavy atom. The number of amides is 1. The predicted molar refractivity (Wildman–Crippen MR) is 113 cm³/mol. The molecule has 0 aliphatic carbocycles. The highest BCUT2D eigenvalue weighted by Gasteiger charge is 2.06. The van der Waals surface area contributed by atoms with Gasteiger partial charge in [-0.15, -0.1) is 0 Å². The second-order valence-electron chi connectivity index (χ2n) is 6.01. The van der Waals surface area contributed by atoms with Crippen molar-refractivity contribution in [1.29, 1.82) is 0 Å². The first kappa shape index (κ1) is 19.6. The van der Waals surface area contributed by atoms with E-state index in [4.69, 9.17) is 21.1 Å². The van der Waals surface area contributed by atoms with Crippen molar-refractivity contribution in [3.05, 3.63) is 77.8 Å². The first-order chi connectivity index (χ1) is 13.6. The third-order valence-electron chi connectivity index (χ3n) is 3.95. The van der Waals surface area contributed by atoms with Gasteiger partial charge in [0.25, 0.3) is 0 Å². The van der Waals surface area contributed by atoms with Crippen LogP contribution in [0.15, 0.2) is 72.8 Å². The van der Waals surface area contributed by atoms with Crippen LogP contribution in [0.1, 0.15) is 6.42 Å². The van der Waals surface area contributed by atoms with Gasteiger partial charge in [0.05, 0.1) is 12.8 Å². The lowest BCUT2D eigenvalue weighted by atomic mass is 10.2. The highest BCUT2D eigenvalue weighted by atomic mass is 35.5. The van der Waals surface area contributed by atoms with Crippen LogP contribution in [0.25, 0.3) is 0 Å². The van der Waals surface area contributed by atoms with Crippen molar-refractivity contribution in [3.8, 4) is 17.2 Å². The first-order valence-corrected chi connectivity index (χ1v) is 9.22. The van der Waals surface area contributed by atoms with Gasteiger partial charge in [0.2, 0.25) is 5.91 Å². The number of carbonyl (C=O) groups is 1. The largest absolute Gasteiger partial charge is 0.495 e. The van der Waals surface area contributed by atoms with Crippen LogP contribution in [0.2, 0.25) is 5.02 Å². The van der Waals surface area contributed by atoms with Crippen LogP contribution in [0, 0.1) is 0 Å². The molecule has 0 radical (unpaired) electrons. The number of ether oxygens (including phenoxy) is 2. The van der Waals surface area contributed by atoms with E-state index in [-0.39, 0.29) is 5.91 Å². The summed E-state index contributed by atoms with van der Waals surface area (Å²) in [5.41, 5.74) is 1.47. The Bertz CT molecular complexity index is 915. The molecule has 5 nitrogen and oxygen atoms in total. The molecular formula is C22H21ClN2O3. The van der Waals surface area contributed by atoms with Crippen LogP contribution in [-0.2, 0) is 4.79 Å². The fourth-order valence-corrected chi connectivity index (χ4v) is 2.76. The van der Waals surface area contributed by atoms with Crippen molar-refractivity contribution in [1.82, 2.24) is 0 Å². The Morgan fingerprint density at radius 2 is 1.68 bits per heavy atom. The van der Waals surface area contributed by atoms with Gasteiger partial charge in [-0.2, -0.15) is 0 Å². The molecule has 6 heteroatoms. The Hall–Kier alpha value is -3.18. The molecule has 2 N–H and O–H groups in total. The van der Waals surface area contributed by atoms with Crippen molar-refractivity contribution in [2.45, 2.75) is 6.42 Å². The number of methoxy groups -OCH3 is 1. The van der Waals surface area contributed by atoms with Crippen molar-refractivity contribution in [3.63, 3.8) is 0 Å². The third-order valence-corrected chi connectivity index (χ3v) is 4.18. The standard InChI is InChI=1S/C22H21ClN2O3/c1-27-21-12-7-16(23)15-20(21)24-14-13-22(26)25-17-8-10-19(11-9-17)28-18-5-3-2-4-6-18/h2-12,15,24H,13-14H2,1H3,(H,25,26). The highest BCUT2D eigenvalue weighted by Crippen LogP contribution is 2.27. The zero-order valence-electron chi connectivity index (χ0n) is 15.4. The lowest BCUT2D eigenvalue weighted by molar-refractivity contribution is -0.115. The topological polar surface area (TPSA) is 59.6 Å². The Balaban J connectivity index is 1.48. The number of nitrogens with one attached hydrogen (secondary N) is 2. The summed E-state index contributed by atoms with van der Waals surface area (Å²) in [4.78, 5) is 12.2. The van der Waals surface area contributed by atoms with Gasteiger partial charge in [-0.25, -0.2) is 0 Å². The molecule has 1 amide bonds. The van der Waals surface area contributed by atoms with E-state index in [0.29, 0.717) is 35.2 Å². The molecule has 28 heavy (non-hydrogen) atoms. The summed E-state index contributed by atoms with van der Waals surface area (Å²) < 4.78 is 11.0. The number of hydrogen-bond acceptors (Lipinski definition) is 4. The number of rotatable bonds is 8. The molecule has 0 saturated heterocycles. The number of anilines is 2. The molecule has 0 saturated carbocycles. The van der Waals surface area contributed by atoms with Crippen LogP contribution in [0.3, 0.4) is 0 Å². The molecule has 0 heterocycles. The van der Waals surface area contributed by atoms with E-state index < -0.39 is 0 Å². The summed E-state index contributed by atoms with van der Waals surface area (Å²) in [7, 11) is 1.59. The SMILES string of the molecule is COc1ccc(Cl)cc1NCCC(=O)Nc1ccc(Oc2ccccc2)cc1. The number of hydrogen-bond donors (Lipinski definition) is 2. The quantitative estimate of drug-likeness (QED) is 0.521. The minimum Gasteiger partial charge on any atom is -0.495 e. The van der Waals surface area contributed by atoms with Crippen LogP contribution >= 0.6 is 11.6 Å². The van der Waals surface area contributed by atoms with Gasteiger partial charge >= 0.3 is 0 Å². The lowest BCUT2D eigenvalue weighted by Crippen LogP contribution is -2.16.